The van der Waals surface area contributed by atoms with Gasteiger partial charge in [0.05, 0.1) is 10.7 Å². The molecule has 0 aliphatic heterocycles. The third-order valence-electron chi connectivity index (χ3n) is 1.79. The largest absolute Gasteiger partial charge is 0.336 e. The zero-order chi connectivity index (χ0) is 11.4. The van der Waals surface area contributed by atoms with E-state index in [9.17, 15) is 4.79 Å². The van der Waals surface area contributed by atoms with Gasteiger partial charge in [0.2, 0.25) is 0 Å². The lowest BCUT2D eigenvalue weighted by atomic mass is 10.2. The third kappa shape index (κ3) is 3.80. The monoisotopic (exact) mass is 226 g/mol. The smallest absolute Gasteiger partial charge is 0.319 e. The minimum absolute atomic E-state index is 0.106. The van der Waals surface area contributed by atoms with E-state index >= 15 is 0 Å². The summed E-state index contributed by atoms with van der Waals surface area (Å²) in [4.78, 5) is 11.4. The minimum Gasteiger partial charge on any atom is -0.336 e. The highest BCUT2D eigenvalue weighted by Crippen LogP contribution is 2.22. The average molecular weight is 227 g/mol. The quantitative estimate of drug-likeness (QED) is 0.799. The minimum atomic E-state index is -0.240. The van der Waals surface area contributed by atoms with E-state index < -0.39 is 0 Å². The van der Waals surface area contributed by atoms with Crippen LogP contribution in [0.4, 0.5) is 10.5 Å². The first kappa shape index (κ1) is 11.9. The number of carbonyl (C=O) groups is 1. The summed E-state index contributed by atoms with van der Waals surface area (Å²) >= 11 is 5.97. The molecule has 1 aromatic carbocycles. The molecule has 4 heteroatoms. The first-order chi connectivity index (χ1) is 6.99. The second-order valence-electron chi connectivity index (χ2n) is 3.74. The predicted molar refractivity (Wildman–Crippen MR) is 63.5 cm³/mol. The van der Waals surface area contributed by atoms with Crippen LogP contribution in [-0.4, -0.2) is 12.1 Å². The lowest BCUT2D eigenvalue weighted by molar-refractivity contribution is 0.250. The van der Waals surface area contributed by atoms with Crippen LogP contribution in [0.5, 0.6) is 0 Å². The molecule has 0 fully saturated rings. The molecule has 0 saturated heterocycles. The third-order valence-corrected chi connectivity index (χ3v) is 2.11. The van der Waals surface area contributed by atoms with Crippen molar-refractivity contribution >= 4 is 23.3 Å². The number of rotatable bonds is 2. The van der Waals surface area contributed by atoms with Gasteiger partial charge >= 0.3 is 6.03 Å². The van der Waals surface area contributed by atoms with Crippen LogP contribution in [0, 0.1) is 6.92 Å². The van der Waals surface area contributed by atoms with Gasteiger partial charge in [-0.25, -0.2) is 4.79 Å². The fourth-order valence-corrected chi connectivity index (χ4v) is 1.42. The van der Waals surface area contributed by atoms with Gasteiger partial charge in [-0.15, -0.1) is 0 Å². The summed E-state index contributed by atoms with van der Waals surface area (Å²) in [6.07, 6.45) is 0. The van der Waals surface area contributed by atoms with Gasteiger partial charge in [0.25, 0.3) is 0 Å². The van der Waals surface area contributed by atoms with E-state index in [1.807, 2.05) is 32.9 Å². The molecule has 2 N–H and O–H groups in total. The van der Waals surface area contributed by atoms with Gasteiger partial charge in [-0.1, -0.05) is 17.7 Å². The average Bonchev–Trinajstić information content (AvgIpc) is 2.08. The number of urea groups is 1. The maximum Gasteiger partial charge on any atom is 0.319 e. The fraction of sp³-hybridized carbons (Fsp3) is 0.364. The van der Waals surface area contributed by atoms with E-state index in [0.29, 0.717) is 10.7 Å². The Morgan fingerprint density at radius 3 is 2.60 bits per heavy atom. The lowest BCUT2D eigenvalue weighted by Crippen LogP contribution is -2.34. The van der Waals surface area contributed by atoms with Gasteiger partial charge in [0.1, 0.15) is 0 Å². The SMILES string of the molecule is Cc1ccc(NC(=O)NC(C)C)c(Cl)c1. The van der Waals surface area contributed by atoms with Crippen LogP contribution in [0.1, 0.15) is 19.4 Å². The summed E-state index contributed by atoms with van der Waals surface area (Å²) in [5.41, 5.74) is 1.69. The molecule has 1 rings (SSSR count). The summed E-state index contributed by atoms with van der Waals surface area (Å²) in [6, 6.07) is 5.37. The topological polar surface area (TPSA) is 41.1 Å². The second kappa shape index (κ2) is 5.03. The Morgan fingerprint density at radius 2 is 2.07 bits per heavy atom. The molecule has 0 saturated carbocycles. The van der Waals surface area contributed by atoms with Crippen LogP contribution < -0.4 is 10.6 Å². The molecular formula is C11H15ClN2O. The van der Waals surface area contributed by atoms with E-state index in [1.165, 1.54) is 0 Å². The normalized spacial score (nSPS) is 10.2. The van der Waals surface area contributed by atoms with Crippen molar-refractivity contribution in [2.24, 2.45) is 0 Å². The van der Waals surface area contributed by atoms with Crippen LogP contribution in [0.25, 0.3) is 0 Å². The Balaban J connectivity index is 2.68. The number of nitrogens with one attached hydrogen (secondary N) is 2. The van der Waals surface area contributed by atoms with Crippen molar-refractivity contribution in [3.63, 3.8) is 0 Å². The molecule has 1 aromatic rings. The first-order valence-corrected chi connectivity index (χ1v) is 5.20. The maximum atomic E-state index is 11.4. The number of hydrogen-bond donors (Lipinski definition) is 2. The number of carbonyl (C=O) groups excluding carboxylic acids is 1. The lowest BCUT2D eigenvalue weighted by Gasteiger charge is -2.11. The van der Waals surface area contributed by atoms with Crippen LogP contribution in [0.15, 0.2) is 18.2 Å². The van der Waals surface area contributed by atoms with Gasteiger partial charge in [0.15, 0.2) is 0 Å². The summed E-state index contributed by atoms with van der Waals surface area (Å²) in [7, 11) is 0. The molecule has 15 heavy (non-hydrogen) atoms. The highest BCUT2D eigenvalue weighted by molar-refractivity contribution is 6.33. The van der Waals surface area contributed by atoms with Crippen molar-refractivity contribution in [3.05, 3.63) is 28.8 Å². The van der Waals surface area contributed by atoms with E-state index in [0.717, 1.165) is 5.56 Å². The van der Waals surface area contributed by atoms with Gasteiger partial charge in [-0.2, -0.15) is 0 Å². The Bertz CT molecular complexity index is 364. The number of hydrogen-bond acceptors (Lipinski definition) is 1. The molecule has 82 valence electrons. The molecule has 0 unspecified atom stereocenters. The van der Waals surface area contributed by atoms with Crippen LogP contribution in [-0.2, 0) is 0 Å². The van der Waals surface area contributed by atoms with Gasteiger partial charge in [0, 0.05) is 6.04 Å². The number of amides is 2. The van der Waals surface area contributed by atoms with Crippen LogP contribution >= 0.6 is 11.6 Å². The molecule has 0 radical (unpaired) electrons. The van der Waals surface area contributed by atoms with Crippen molar-refractivity contribution in [2.45, 2.75) is 26.8 Å². The zero-order valence-corrected chi connectivity index (χ0v) is 9.85. The molecule has 0 aromatic heterocycles. The Labute approximate surface area is 94.8 Å². The molecule has 0 atom stereocenters. The Hall–Kier alpha value is -1.22. The van der Waals surface area contributed by atoms with Gasteiger partial charge in [-0.05, 0) is 38.5 Å². The zero-order valence-electron chi connectivity index (χ0n) is 9.10. The fourth-order valence-electron chi connectivity index (χ4n) is 1.14. The van der Waals surface area contributed by atoms with Crippen molar-refractivity contribution in [3.8, 4) is 0 Å². The Morgan fingerprint density at radius 1 is 1.40 bits per heavy atom. The van der Waals surface area contributed by atoms with E-state index in [-0.39, 0.29) is 12.1 Å². The number of benzene rings is 1. The standard InChI is InChI=1S/C11H15ClN2O/c1-7(2)13-11(15)14-10-5-4-8(3)6-9(10)12/h4-7H,1-3H3,(H2,13,14,15). The second-order valence-corrected chi connectivity index (χ2v) is 4.14. The molecule has 0 heterocycles. The van der Waals surface area contributed by atoms with Crippen molar-refractivity contribution in [1.82, 2.24) is 5.32 Å². The molecule has 0 bridgehead atoms. The molecule has 3 nitrogen and oxygen atoms in total. The van der Waals surface area contributed by atoms with E-state index in [4.69, 9.17) is 11.6 Å². The highest BCUT2D eigenvalue weighted by atomic mass is 35.5. The maximum absolute atomic E-state index is 11.4. The van der Waals surface area contributed by atoms with Crippen molar-refractivity contribution in [1.29, 1.82) is 0 Å². The molecule has 2 amide bonds. The number of aryl methyl sites for hydroxylation is 1. The molecular weight excluding hydrogens is 212 g/mol. The van der Waals surface area contributed by atoms with E-state index in [1.54, 1.807) is 6.07 Å². The van der Waals surface area contributed by atoms with Crippen molar-refractivity contribution < 1.29 is 4.79 Å². The summed E-state index contributed by atoms with van der Waals surface area (Å²) in [6.45, 7) is 5.75. The van der Waals surface area contributed by atoms with Crippen LogP contribution in [0.2, 0.25) is 5.02 Å². The van der Waals surface area contributed by atoms with Gasteiger partial charge in [-0.3, -0.25) is 0 Å². The Kier molecular flexibility index (Phi) is 3.97. The summed E-state index contributed by atoms with van der Waals surface area (Å²) in [5.74, 6) is 0. The summed E-state index contributed by atoms with van der Waals surface area (Å²) < 4.78 is 0. The van der Waals surface area contributed by atoms with E-state index in [2.05, 4.69) is 10.6 Å². The molecule has 0 spiro atoms. The van der Waals surface area contributed by atoms with Crippen LogP contribution in [0.3, 0.4) is 0 Å². The number of anilines is 1. The van der Waals surface area contributed by atoms with Gasteiger partial charge < -0.3 is 10.6 Å². The van der Waals surface area contributed by atoms with Crippen molar-refractivity contribution in [2.75, 3.05) is 5.32 Å². The summed E-state index contributed by atoms with van der Waals surface area (Å²) in [5, 5.41) is 5.96. The number of halogens is 1. The molecule has 0 aliphatic rings. The highest BCUT2D eigenvalue weighted by Gasteiger charge is 2.06. The first-order valence-electron chi connectivity index (χ1n) is 4.82. The molecule has 0 aliphatic carbocycles. The predicted octanol–water partition coefficient (Wildman–Crippen LogP) is 3.18.